The maximum absolute atomic E-state index is 12.1. The molecule has 0 aliphatic heterocycles. The van der Waals surface area contributed by atoms with Crippen molar-refractivity contribution in [2.24, 2.45) is 0 Å². The van der Waals surface area contributed by atoms with Crippen LogP contribution in [-0.2, 0) is 9.53 Å². The summed E-state index contributed by atoms with van der Waals surface area (Å²) in [5, 5.41) is 3.33. The molecule has 0 aliphatic carbocycles. The molecule has 126 valence electrons. The summed E-state index contributed by atoms with van der Waals surface area (Å²) in [6.45, 7) is 1.79. The van der Waals surface area contributed by atoms with Crippen molar-refractivity contribution in [3.63, 3.8) is 0 Å². The van der Waals surface area contributed by atoms with Gasteiger partial charge in [-0.15, -0.1) is 0 Å². The third-order valence-electron chi connectivity index (χ3n) is 2.89. The summed E-state index contributed by atoms with van der Waals surface area (Å²) < 4.78 is 10.4. The summed E-state index contributed by atoms with van der Waals surface area (Å²) in [5.74, 6) is -0.735. The van der Waals surface area contributed by atoms with E-state index in [1.807, 2.05) is 6.92 Å². The molecule has 0 radical (unpaired) electrons. The van der Waals surface area contributed by atoms with Crippen molar-refractivity contribution < 1.29 is 19.1 Å². The van der Waals surface area contributed by atoms with Crippen molar-refractivity contribution in [3.8, 4) is 5.75 Å². The van der Waals surface area contributed by atoms with E-state index in [-0.39, 0.29) is 5.56 Å². The van der Waals surface area contributed by atoms with Crippen LogP contribution in [0.5, 0.6) is 5.75 Å². The highest BCUT2D eigenvalue weighted by atomic mass is 35.5. The lowest BCUT2D eigenvalue weighted by molar-refractivity contribution is -0.119. The van der Waals surface area contributed by atoms with Crippen LogP contribution in [0.3, 0.4) is 0 Å². The van der Waals surface area contributed by atoms with Gasteiger partial charge in [-0.1, -0.05) is 35.3 Å². The molecule has 1 amide bonds. The SMILES string of the molecule is CCOc1ccccc1C(=O)OCC(=O)Nc1cc(Cl)cc(Cl)c1. The van der Waals surface area contributed by atoms with E-state index in [9.17, 15) is 9.59 Å². The van der Waals surface area contributed by atoms with E-state index >= 15 is 0 Å². The second-order valence-electron chi connectivity index (χ2n) is 4.71. The zero-order valence-corrected chi connectivity index (χ0v) is 14.4. The topological polar surface area (TPSA) is 64.6 Å². The van der Waals surface area contributed by atoms with Gasteiger partial charge in [0.2, 0.25) is 0 Å². The number of carbonyl (C=O) groups is 2. The Bertz CT molecular complexity index is 729. The zero-order valence-electron chi connectivity index (χ0n) is 12.8. The summed E-state index contributed by atoms with van der Waals surface area (Å²) >= 11 is 11.7. The average Bonchev–Trinajstić information content (AvgIpc) is 2.52. The lowest BCUT2D eigenvalue weighted by atomic mass is 10.2. The number of amides is 1. The van der Waals surface area contributed by atoms with Gasteiger partial charge in [0.15, 0.2) is 6.61 Å². The van der Waals surface area contributed by atoms with E-state index in [1.165, 1.54) is 12.1 Å². The molecular weight excluding hydrogens is 353 g/mol. The average molecular weight is 368 g/mol. The van der Waals surface area contributed by atoms with Crippen LogP contribution in [0, 0.1) is 0 Å². The predicted molar refractivity (Wildman–Crippen MR) is 93.0 cm³/mol. The lowest BCUT2D eigenvalue weighted by Crippen LogP contribution is -2.21. The van der Waals surface area contributed by atoms with E-state index in [4.69, 9.17) is 32.7 Å². The first-order valence-electron chi connectivity index (χ1n) is 7.14. The molecule has 0 unspecified atom stereocenters. The zero-order chi connectivity index (χ0) is 17.5. The van der Waals surface area contributed by atoms with Gasteiger partial charge in [0.1, 0.15) is 11.3 Å². The van der Waals surface area contributed by atoms with Gasteiger partial charge in [-0.2, -0.15) is 0 Å². The highest BCUT2D eigenvalue weighted by Gasteiger charge is 2.15. The van der Waals surface area contributed by atoms with Gasteiger partial charge in [-0.05, 0) is 37.3 Å². The maximum atomic E-state index is 12.1. The van der Waals surface area contributed by atoms with Gasteiger partial charge in [-0.3, -0.25) is 4.79 Å². The second-order valence-corrected chi connectivity index (χ2v) is 5.58. The summed E-state index contributed by atoms with van der Waals surface area (Å²) in [6.07, 6.45) is 0. The second kappa shape index (κ2) is 8.57. The van der Waals surface area contributed by atoms with Crippen LogP contribution < -0.4 is 10.1 Å². The van der Waals surface area contributed by atoms with E-state index in [2.05, 4.69) is 5.32 Å². The molecule has 2 rings (SSSR count). The Morgan fingerprint density at radius 3 is 2.42 bits per heavy atom. The standard InChI is InChI=1S/C17H15Cl2NO4/c1-2-23-15-6-4-3-5-14(15)17(22)24-10-16(21)20-13-8-11(18)7-12(19)9-13/h3-9H,2,10H2,1H3,(H,20,21). The van der Waals surface area contributed by atoms with E-state index < -0.39 is 18.5 Å². The quantitative estimate of drug-likeness (QED) is 0.777. The van der Waals surface area contributed by atoms with Crippen LogP contribution >= 0.6 is 23.2 Å². The molecule has 0 aliphatic rings. The van der Waals surface area contributed by atoms with Gasteiger partial charge in [0, 0.05) is 15.7 Å². The monoisotopic (exact) mass is 367 g/mol. The number of para-hydroxylation sites is 1. The number of anilines is 1. The number of hydrogen-bond acceptors (Lipinski definition) is 4. The number of nitrogens with one attached hydrogen (secondary N) is 1. The highest BCUT2D eigenvalue weighted by Crippen LogP contribution is 2.22. The van der Waals surface area contributed by atoms with Crippen LogP contribution in [0.15, 0.2) is 42.5 Å². The molecule has 2 aromatic carbocycles. The number of rotatable bonds is 6. The van der Waals surface area contributed by atoms with Crippen molar-refractivity contribution in [2.75, 3.05) is 18.5 Å². The molecule has 0 saturated carbocycles. The fourth-order valence-corrected chi connectivity index (χ4v) is 2.47. The molecule has 0 heterocycles. The lowest BCUT2D eigenvalue weighted by Gasteiger charge is -2.10. The highest BCUT2D eigenvalue weighted by molar-refractivity contribution is 6.35. The van der Waals surface area contributed by atoms with Crippen molar-refractivity contribution >= 4 is 40.8 Å². The summed E-state index contributed by atoms with van der Waals surface area (Å²) in [4.78, 5) is 24.0. The molecule has 1 N–H and O–H groups in total. The fraction of sp³-hybridized carbons (Fsp3) is 0.176. The molecule has 0 atom stereocenters. The van der Waals surface area contributed by atoms with Crippen LogP contribution in [0.4, 0.5) is 5.69 Å². The van der Waals surface area contributed by atoms with Crippen molar-refractivity contribution in [1.82, 2.24) is 0 Å². The number of esters is 1. The molecule has 7 heteroatoms. The molecule has 24 heavy (non-hydrogen) atoms. The van der Waals surface area contributed by atoms with Crippen molar-refractivity contribution in [1.29, 1.82) is 0 Å². The van der Waals surface area contributed by atoms with E-state index in [0.29, 0.717) is 28.1 Å². The Labute approximate surface area is 149 Å². The van der Waals surface area contributed by atoms with Crippen LogP contribution in [0.25, 0.3) is 0 Å². The van der Waals surface area contributed by atoms with Crippen LogP contribution in [0.2, 0.25) is 10.0 Å². The minimum absolute atomic E-state index is 0.262. The Morgan fingerprint density at radius 2 is 1.75 bits per heavy atom. The first-order valence-corrected chi connectivity index (χ1v) is 7.90. The largest absolute Gasteiger partial charge is 0.493 e. The van der Waals surface area contributed by atoms with Crippen molar-refractivity contribution in [2.45, 2.75) is 6.92 Å². The summed E-state index contributed by atoms with van der Waals surface area (Å²) in [7, 11) is 0. The molecule has 0 bridgehead atoms. The molecule has 0 fully saturated rings. The van der Waals surface area contributed by atoms with Gasteiger partial charge in [0.05, 0.1) is 6.61 Å². The van der Waals surface area contributed by atoms with Crippen LogP contribution in [-0.4, -0.2) is 25.1 Å². The maximum Gasteiger partial charge on any atom is 0.342 e. The Balaban J connectivity index is 1.95. The van der Waals surface area contributed by atoms with Gasteiger partial charge in [0.25, 0.3) is 5.91 Å². The van der Waals surface area contributed by atoms with Crippen LogP contribution in [0.1, 0.15) is 17.3 Å². The van der Waals surface area contributed by atoms with Crippen molar-refractivity contribution in [3.05, 3.63) is 58.1 Å². The van der Waals surface area contributed by atoms with Gasteiger partial charge < -0.3 is 14.8 Å². The van der Waals surface area contributed by atoms with Gasteiger partial charge >= 0.3 is 5.97 Å². The van der Waals surface area contributed by atoms with E-state index in [0.717, 1.165) is 0 Å². The number of benzene rings is 2. The predicted octanol–water partition coefficient (Wildman–Crippen LogP) is 4.19. The minimum atomic E-state index is -0.640. The molecular formula is C17H15Cl2NO4. The fourth-order valence-electron chi connectivity index (χ4n) is 1.95. The summed E-state index contributed by atoms with van der Waals surface area (Å²) in [6, 6.07) is 11.3. The van der Waals surface area contributed by atoms with E-state index in [1.54, 1.807) is 30.3 Å². The molecule has 5 nitrogen and oxygen atoms in total. The minimum Gasteiger partial charge on any atom is -0.493 e. The first-order chi connectivity index (χ1) is 11.5. The summed E-state index contributed by atoms with van der Waals surface area (Å²) in [5.41, 5.74) is 0.682. The molecule has 0 aromatic heterocycles. The Morgan fingerprint density at radius 1 is 1.08 bits per heavy atom. The third kappa shape index (κ3) is 5.15. The molecule has 0 saturated heterocycles. The Hall–Kier alpha value is -2.24. The number of carbonyl (C=O) groups excluding carboxylic acids is 2. The number of ether oxygens (including phenoxy) is 2. The smallest absolute Gasteiger partial charge is 0.342 e. The Kier molecular flexibility index (Phi) is 6.46. The number of hydrogen-bond donors (Lipinski definition) is 1. The molecule has 2 aromatic rings. The third-order valence-corrected chi connectivity index (χ3v) is 3.32. The molecule has 0 spiro atoms. The normalized spacial score (nSPS) is 10.1. The number of halogens is 2. The first kappa shape index (κ1) is 18.1. The van der Waals surface area contributed by atoms with Gasteiger partial charge in [-0.25, -0.2) is 4.79 Å².